The van der Waals surface area contributed by atoms with E-state index in [9.17, 15) is 18.4 Å². The highest BCUT2D eigenvalue weighted by molar-refractivity contribution is 9.10. The zero-order chi connectivity index (χ0) is 18.6. The standard InChI is InChI=1S/2C7H5BrFNO2/c2*8-4-1-3(7(11)12)6(10)2-5(4)9/h2*1-2H,10H2,(H,11,12). The molecule has 0 radical (unpaired) electrons. The summed E-state index contributed by atoms with van der Waals surface area (Å²) in [7, 11) is 0. The summed E-state index contributed by atoms with van der Waals surface area (Å²) in [5.41, 5.74) is 10.1. The smallest absolute Gasteiger partial charge is 0.337 e. The van der Waals surface area contributed by atoms with E-state index >= 15 is 0 Å². The maximum atomic E-state index is 12.7. The van der Waals surface area contributed by atoms with Gasteiger partial charge in [0, 0.05) is 11.4 Å². The van der Waals surface area contributed by atoms with E-state index in [1.807, 2.05) is 0 Å². The minimum absolute atomic E-state index is 0.0804. The number of aromatic carboxylic acids is 2. The average Bonchev–Trinajstić information content (AvgIpc) is 2.46. The molecule has 128 valence electrons. The molecule has 0 fully saturated rings. The van der Waals surface area contributed by atoms with Gasteiger partial charge in [-0.05, 0) is 56.1 Å². The average molecular weight is 468 g/mol. The third kappa shape index (κ3) is 4.90. The first-order chi connectivity index (χ1) is 11.0. The second kappa shape index (κ2) is 8.06. The first-order valence-electron chi connectivity index (χ1n) is 6.00. The van der Waals surface area contributed by atoms with Crippen LogP contribution in [0, 0.1) is 11.6 Å². The molecule has 0 aliphatic heterocycles. The fourth-order valence-corrected chi connectivity index (χ4v) is 2.18. The molecule has 10 heteroatoms. The summed E-state index contributed by atoms with van der Waals surface area (Å²) in [6, 6.07) is 4.20. The van der Waals surface area contributed by atoms with Gasteiger partial charge < -0.3 is 21.7 Å². The lowest BCUT2D eigenvalue weighted by Crippen LogP contribution is -2.03. The summed E-state index contributed by atoms with van der Waals surface area (Å²) in [4.78, 5) is 20.9. The summed E-state index contributed by atoms with van der Waals surface area (Å²) < 4.78 is 25.6. The highest BCUT2D eigenvalue weighted by atomic mass is 79.9. The van der Waals surface area contributed by atoms with Crippen molar-refractivity contribution in [3.05, 3.63) is 56.0 Å². The largest absolute Gasteiger partial charge is 0.478 e. The maximum absolute atomic E-state index is 12.7. The molecule has 24 heavy (non-hydrogen) atoms. The van der Waals surface area contributed by atoms with E-state index in [2.05, 4.69) is 31.9 Å². The molecule has 6 nitrogen and oxygen atoms in total. The van der Waals surface area contributed by atoms with E-state index in [1.54, 1.807) is 0 Å². The van der Waals surface area contributed by atoms with Gasteiger partial charge in [0.25, 0.3) is 0 Å². The Morgan fingerprint density at radius 1 is 0.792 bits per heavy atom. The van der Waals surface area contributed by atoms with Crippen LogP contribution in [0.3, 0.4) is 0 Å². The van der Waals surface area contributed by atoms with Crippen LogP contribution in [0.25, 0.3) is 0 Å². The number of benzene rings is 2. The Labute approximate surface area is 151 Å². The molecule has 0 saturated heterocycles. The number of carboxylic acid groups (broad SMARTS) is 2. The predicted molar refractivity (Wildman–Crippen MR) is 90.9 cm³/mol. The molecule has 6 N–H and O–H groups in total. The number of nitrogen functional groups attached to an aromatic ring is 2. The molecule has 0 heterocycles. The molecule has 0 atom stereocenters. The highest BCUT2D eigenvalue weighted by Crippen LogP contribution is 2.23. The second-order valence-electron chi connectivity index (χ2n) is 4.32. The number of nitrogens with two attached hydrogens (primary N) is 2. The highest BCUT2D eigenvalue weighted by Gasteiger charge is 2.12. The Morgan fingerprint density at radius 2 is 1.08 bits per heavy atom. The SMILES string of the molecule is Nc1cc(F)c(Br)cc1C(=O)O.Nc1cc(F)c(Br)cc1C(=O)O. The fraction of sp³-hybridized carbons (Fsp3) is 0. The molecule has 2 aromatic rings. The monoisotopic (exact) mass is 466 g/mol. The first-order valence-corrected chi connectivity index (χ1v) is 7.58. The lowest BCUT2D eigenvalue weighted by atomic mass is 10.2. The van der Waals surface area contributed by atoms with Gasteiger partial charge >= 0.3 is 11.9 Å². The molecule has 2 rings (SSSR count). The Morgan fingerprint density at radius 3 is 1.33 bits per heavy atom. The van der Waals surface area contributed by atoms with E-state index in [0.717, 1.165) is 24.3 Å². The lowest BCUT2D eigenvalue weighted by Gasteiger charge is -2.01. The van der Waals surface area contributed by atoms with Crippen molar-refractivity contribution in [1.82, 2.24) is 0 Å². The number of carbonyl (C=O) groups is 2. The van der Waals surface area contributed by atoms with E-state index < -0.39 is 23.6 Å². The van der Waals surface area contributed by atoms with Crippen molar-refractivity contribution in [3.63, 3.8) is 0 Å². The Balaban J connectivity index is 0.000000240. The van der Waals surface area contributed by atoms with Crippen molar-refractivity contribution < 1.29 is 28.6 Å². The van der Waals surface area contributed by atoms with Crippen LogP contribution in [0.1, 0.15) is 20.7 Å². The zero-order valence-electron chi connectivity index (χ0n) is 11.7. The molecule has 0 aliphatic carbocycles. The van der Waals surface area contributed by atoms with Gasteiger partial charge in [-0.15, -0.1) is 0 Å². The summed E-state index contributed by atoms with van der Waals surface area (Å²) in [5, 5.41) is 17.1. The fourth-order valence-electron chi connectivity index (χ4n) is 1.49. The number of rotatable bonds is 2. The molecule has 0 aromatic heterocycles. The quantitative estimate of drug-likeness (QED) is 0.498. The molecular formula is C14H10Br2F2N2O4. The summed E-state index contributed by atoms with van der Waals surface area (Å²) >= 11 is 5.71. The van der Waals surface area contributed by atoms with E-state index in [-0.39, 0.29) is 31.4 Å². The third-order valence-corrected chi connectivity index (χ3v) is 3.86. The van der Waals surface area contributed by atoms with E-state index in [1.165, 1.54) is 0 Å². The molecular weight excluding hydrogens is 458 g/mol. The van der Waals surface area contributed by atoms with Gasteiger partial charge in [0.15, 0.2) is 0 Å². The van der Waals surface area contributed by atoms with Gasteiger partial charge in [-0.25, -0.2) is 18.4 Å². The lowest BCUT2D eigenvalue weighted by molar-refractivity contribution is 0.0687. The number of carboxylic acids is 2. The zero-order valence-corrected chi connectivity index (χ0v) is 14.9. The Kier molecular flexibility index (Phi) is 6.67. The van der Waals surface area contributed by atoms with Gasteiger partial charge in [-0.1, -0.05) is 0 Å². The summed E-state index contributed by atoms with van der Waals surface area (Å²) in [6.07, 6.45) is 0. The van der Waals surface area contributed by atoms with Crippen LogP contribution in [0.15, 0.2) is 33.2 Å². The first kappa shape index (κ1) is 19.8. The molecule has 2 aromatic carbocycles. The molecule has 0 unspecified atom stereocenters. The Bertz CT molecular complexity index is 748. The molecule has 0 aliphatic rings. The van der Waals surface area contributed by atoms with Crippen LogP contribution >= 0.6 is 31.9 Å². The van der Waals surface area contributed by atoms with Crippen molar-refractivity contribution in [2.75, 3.05) is 11.5 Å². The van der Waals surface area contributed by atoms with Crippen LogP contribution < -0.4 is 11.5 Å². The molecule has 0 bridgehead atoms. The molecule has 0 spiro atoms. The van der Waals surface area contributed by atoms with Gasteiger partial charge in [-0.2, -0.15) is 0 Å². The van der Waals surface area contributed by atoms with E-state index in [4.69, 9.17) is 21.7 Å². The van der Waals surface area contributed by atoms with Gasteiger partial charge in [0.05, 0.1) is 20.1 Å². The third-order valence-electron chi connectivity index (χ3n) is 2.65. The normalized spacial score (nSPS) is 9.83. The minimum Gasteiger partial charge on any atom is -0.478 e. The maximum Gasteiger partial charge on any atom is 0.337 e. The van der Waals surface area contributed by atoms with Gasteiger partial charge in [0.2, 0.25) is 0 Å². The van der Waals surface area contributed by atoms with Crippen molar-refractivity contribution >= 4 is 55.2 Å². The number of hydrogen-bond donors (Lipinski definition) is 4. The number of anilines is 2. The topological polar surface area (TPSA) is 127 Å². The minimum atomic E-state index is -1.17. The van der Waals surface area contributed by atoms with Crippen LogP contribution in [0.4, 0.5) is 20.2 Å². The van der Waals surface area contributed by atoms with Crippen molar-refractivity contribution in [2.45, 2.75) is 0 Å². The van der Waals surface area contributed by atoms with Crippen molar-refractivity contribution in [1.29, 1.82) is 0 Å². The Hall–Kier alpha value is -2.20. The second-order valence-corrected chi connectivity index (χ2v) is 6.03. The molecule has 0 saturated carbocycles. The predicted octanol–water partition coefficient (Wildman–Crippen LogP) is 3.74. The van der Waals surface area contributed by atoms with Gasteiger partial charge in [0.1, 0.15) is 11.6 Å². The summed E-state index contributed by atoms with van der Waals surface area (Å²) in [6.45, 7) is 0. The number of hydrogen-bond acceptors (Lipinski definition) is 4. The van der Waals surface area contributed by atoms with Crippen LogP contribution in [0.2, 0.25) is 0 Å². The number of halogens is 4. The summed E-state index contributed by atoms with van der Waals surface area (Å²) in [5.74, 6) is -3.49. The molecule has 0 amide bonds. The van der Waals surface area contributed by atoms with Crippen molar-refractivity contribution in [3.8, 4) is 0 Å². The van der Waals surface area contributed by atoms with E-state index in [0.29, 0.717) is 0 Å². The van der Waals surface area contributed by atoms with Crippen LogP contribution in [-0.4, -0.2) is 22.2 Å². The van der Waals surface area contributed by atoms with Crippen LogP contribution in [0.5, 0.6) is 0 Å². The van der Waals surface area contributed by atoms with Gasteiger partial charge in [-0.3, -0.25) is 0 Å². The van der Waals surface area contributed by atoms with Crippen molar-refractivity contribution in [2.24, 2.45) is 0 Å². The van der Waals surface area contributed by atoms with Crippen LogP contribution in [-0.2, 0) is 0 Å².